The SMILES string of the molecule is CCCCNc1ncc2c3ccccc3c(=O)n([C@H]3CC[C@@](C)(O)CC3)c2n1. The number of rotatable bonds is 5. The number of anilines is 1. The summed E-state index contributed by atoms with van der Waals surface area (Å²) in [5, 5.41) is 16.1. The highest BCUT2D eigenvalue weighted by Gasteiger charge is 2.31. The average Bonchev–Trinajstić information content (AvgIpc) is 2.69. The van der Waals surface area contributed by atoms with E-state index in [0.29, 0.717) is 29.8 Å². The Bertz CT molecular complexity index is 1050. The van der Waals surface area contributed by atoms with Crippen LogP contribution in [-0.2, 0) is 0 Å². The molecule has 3 aromatic rings. The quantitative estimate of drug-likeness (QED) is 0.516. The summed E-state index contributed by atoms with van der Waals surface area (Å²) >= 11 is 0. The van der Waals surface area contributed by atoms with Crippen LogP contribution in [0.1, 0.15) is 58.4 Å². The molecule has 0 atom stereocenters. The maximum absolute atomic E-state index is 13.4. The second kappa shape index (κ2) is 7.51. The van der Waals surface area contributed by atoms with Gasteiger partial charge in [-0.15, -0.1) is 0 Å². The third-order valence-electron chi connectivity index (χ3n) is 5.87. The topological polar surface area (TPSA) is 80.0 Å². The molecule has 0 saturated heterocycles. The second-order valence-electron chi connectivity index (χ2n) is 8.16. The molecule has 2 N–H and O–H groups in total. The van der Waals surface area contributed by atoms with Crippen molar-refractivity contribution in [3.05, 3.63) is 40.8 Å². The molecule has 0 aliphatic heterocycles. The Balaban J connectivity index is 1.87. The third kappa shape index (κ3) is 3.49. The van der Waals surface area contributed by atoms with Crippen LogP contribution in [0.3, 0.4) is 0 Å². The molecule has 4 rings (SSSR count). The van der Waals surface area contributed by atoms with Crippen LogP contribution >= 0.6 is 0 Å². The van der Waals surface area contributed by atoms with Crippen molar-refractivity contribution >= 4 is 27.8 Å². The maximum Gasteiger partial charge on any atom is 0.260 e. The van der Waals surface area contributed by atoms with Gasteiger partial charge in [0.1, 0.15) is 5.65 Å². The maximum atomic E-state index is 13.4. The van der Waals surface area contributed by atoms with Crippen LogP contribution in [0.25, 0.3) is 21.8 Å². The number of benzene rings is 1. The minimum absolute atomic E-state index is 0.00662. The highest BCUT2D eigenvalue weighted by Crippen LogP contribution is 2.36. The number of hydrogen-bond donors (Lipinski definition) is 2. The van der Waals surface area contributed by atoms with Gasteiger partial charge in [0.05, 0.1) is 5.60 Å². The minimum atomic E-state index is -0.644. The van der Waals surface area contributed by atoms with Gasteiger partial charge in [0.15, 0.2) is 0 Å². The zero-order valence-electron chi connectivity index (χ0n) is 16.6. The molecule has 6 heteroatoms. The highest BCUT2D eigenvalue weighted by atomic mass is 16.3. The number of aliphatic hydroxyl groups is 1. The molecule has 1 aliphatic rings. The summed E-state index contributed by atoms with van der Waals surface area (Å²) in [6.45, 7) is 4.83. The van der Waals surface area contributed by atoms with E-state index in [4.69, 9.17) is 4.98 Å². The van der Waals surface area contributed by atoms with Gasteiger partial charge in [-0.2, -0.15) is 4.98 Å². The molecule has 2 aromatic heterocycles. The summed E-state index contributed by atoms with van der Waals surface area (Å²) in [6, 6.07) is 7.71. The Hall–Kier alpha value is -2.47. The lowest BCUT2D eigenvalue weighted by molar-refractivity contribution is 0.0100. The van der Waals surface area contributed by atoms with Gasteiger partial charge in [-0.3, -0.25) is 9.36 Å². The third-order valence-corrected chi connectivity index (χ3v) is 5.87. The van der Waals surface area contributed by atoms with E-state index in [9.17, 15) is 9.90 Å². The van der Waals surface area contributed by atoms with Crippen LogP contribution in [0.15, 0.2) is 35.3 Å². The van der Waals surface area contributed by atoms with Gasteiger partial charge in [0.2, 0.25) is 5.95 Å². The molecule has 0 radical (unpaired) electrons. The van der Waals surface area contributed by atoms with Gasteiger partial charge in [-0.05, 0) is 50.5 Å². The zero-order chi connectivity index (χ0) is 19.7. The highest BCUT2D eigenvalue weighted by molar-refractivity contribution is 6.04. The van der Waals surface area contributed by atoms with Crippen LogP contribution < -0.4 is 10.9 Å². The number of unbranched alkanes of at least 4 members (excludes halogenated alkanes) is 1. The van der Waals surface area contributed by atoms with E-state index in [-0.39, 0.29) is 11.6 Å². The van der Waals surface area contributed by atoms with E-state index in [1.807, 2.05) is 42.0 Å². The lowest BCUT2D eigenvalue weighted by Crippen LogP contribution is -2.35. The van der Waals surface area contributed by atoms with E-state index in [2.05, 4.69) is 17.2 Å². The van der Waals surface area contributed by atoms with Gasteiger partial charge in [-0.1, -0.05) is 31.5 Å². The van der Waals surface area contributed by atoms with Crippen LogP contribution in [0.5, 0.6) is 0 Å². The molecule has 1 aliphatic carbocycles. The number of aromatic nitrogens is 3. The number of fused-ring (bicyclic) bond motifs is 3. The first kappa shape index (κ1) is 18.9. The van der Waals surface area contributed by atoms with Crippen molar-refractivity contribution in [3.63, 3.8) is 0 Å². The summed E-state index contributed by atoms with van der Waals surface area (Å²) in [5.74, 6) is 0.562. The first-order chi connectivity index (χ1) is 13.5. The fourth-order valence-electron chi connectivity index (χ4n) is 4.16. The first-order valence-corrected chi connectivity index (χ1v) is 10.3. The molecule has 148 valence electrons. The monoisotopic (exact) mass is 380 g/mol. The second-order valence-corrected chi connectivity index (χ2v) is 8.16. The smallest absolute Gasteiger partial charge is 0.260 e. The molecule has 28 heavy (non-hydrogen) atoms. The normalized spacial score (nSPS) is 22.6. The molecule has 0 amide bonds. The summed E-state index contributed by atoms with van der Waals surface area (Å²) in [7, 11) is 0. The van der Waals surface area contributed by atoms with Crippen molar-refractivity contribution in [3.8, 4) is 0 Å². The van der Waals surface area contributed by atoms with Gasteiger partial charge in [-0.25, -0.2) is 4.98 Å². The minimum Gasteiger partial charge on any atom is -0.390 e. The van der Waals surface area contributed by atoms with E-state index in [1.54, 1.807) is 0 Å². The van der Waals surface area contributed by atoms with Crippen molar-refractivity contribution in [1.82, 2.24) is 14.5 Å². The predicted molar refractivity (Wildman–Crippen MR) is 113 cm³/mol. The van der Waals surface area contributed by atoms with Crippen molar-refractivity contribution in [2.24, 2.45) is 0 Å². The Kier molecular flexibility index (Phi) is 5.06. The van der Waals surface area contributed by atoms with Gasteiger partial charge in [0.25, 0.3) is 5.56 Å². The molecule has 6 nitrogen and oxygen atoms in total. The van der Waals surface area contributed by atoms with Gasteiger partial charge >= 0.3 is 0 Å². The van der Waals surface area contributed by atoms with Crippen molar-refractivity contribution in [2.45, 2.75) is 64.0 Å². The van der Waals surface area contributed by atoms with E-state index in [1.165, 1.54) is 0 Å². The Labute approximate surface area is 164 Å². The number of nitrogens with one attached hydrogen (secondary N) is 1. The lowest BCUT2D eigenvalue weighted by Gasteiger charge is -2.34. The fourth-order valence-corrected chi connectivity index (χ4v) is 4.16. The van der Waals surface area contributed by atoms with Crippen LogP contribution in [0.2, 0.25) is 0 Å². The molecule has 0 spiro atoms. The Morgan fingerprint density at radius 3 is 2.64 bits per heavy atom. The number of hydrogen-bond acceptors (Lipinski definition) is 5. The van der Waals surface area contributed by atoms with E-state index in [0.717, 1.165) is 43.0 Å². The van der Waals surface area contributed by atoms with E-state index >= 15 is 0 Å². The Morgan fingerprint density at radius 2 is 1.93 bits per heavy atom. The molecule has 2 heterocycles. The lowest BCUT2D eigenvalue weighted by atomic mass is 9.83. The van der Waals surface area contributed by atoms with Crippen molar-refractivity contribution in [1.29, 1.82) is 0 Å². The zero-order valence-corrected chi connectivity index (χ0v) is 16.6. The standard InChI is InChI=1S/C22H28N4O2/c1-3-4-13-23-21-24-14-18-16-7-5-6-8-17(16)20(27)26(19(18)25-21)15-9-11-22(2,28)12-10-15/h5-8,14-15,28H,3-4,9-13H2,1-2H3,(H,23,24,25)/t15-,22+. The molecule has 0 bridgehead atoms. The molecule has 1 aromatic carbocycles. The van der Waals surface area contributed by atoms with Gasteiger partial charge in [0, 0.05) is 29.6 Å². The van der Waals surface area contributed by atoms with Crippen LogP contribution in [0.4, 0.5) is 5.95 Å². The number of pyridine rings is 1. The number of nitrogens with zero attached hydrogens (tertiary/aromatic N) is 3. The van der Waals surface area contributed by atoms with Crippen LogP contribution in [0, 0.1) is 0 Å². The largest absolute Gasteiger partial charge is 0.390 e. The summed E-state index contributed by atoms with van der Waals surface area (Å²) in [5.41, 5.74) is 0.0336. The molecular formula is C22H28N4O2. The fraction of sp³-hybridized carbons (Fsp3) is 0.500. The Morgan fingerprint density at radius 1 is 1.21 bits per heavy atom. The molecule has 1 fully saturated rings. The summed E-state index contributed by atoms with van der Waals surface area (Å²) in [6.07, 6.45) is 6.87. The predicted octanol–water partition coefficient (Wildman–Crippen LogP) is 4.02. The van der Waals surface area contributed by atoms with Crippen LogP contribution in [-0.4, -0.2) is 31.8 Å². The van der Waals surface area contributed by atoms with E-state index < -0.39 is 5.60 Å². The molecular weight excluding hydrogens is 352 g/mol. The van der Waals surface area contributed by atoms with Gasteiger partial charge < -0.3 is 10.4 Å². The summed E-state index contributed by atoms with van der Waals surface area (Å²) < 4.78 is 1.85. The van der Waals surface area contributed by atoms with Crippen molar-refractivity contribution in [2.75, 3.05) is 11.9 Å². The molecule has 1 saturated carbocycles. The summed E-state index contributed by atoms with van der Waals surface area (Å²) in [4.78, 5) is 22.6. The molecule has 0 unspecified atom stereocenters. The average molecular weight is 380 g/mol. The van der Waals surface area contributed by atoms with Crippen molar-refractivity contribution < 1.29 is 5.11 Å². The first-order valence-electron chi connectivity index (χ1n) is 10.3.